The van der Waals surface area contributed by atoms with Gasteiger partial charge in [0.15, 0.2) is 11.5 Å². The van der Waals surface area contributed by atoms with Gasteiger partial charge in [0.05, 0.1) is 13.7 Å². The molecule has 7 nitrogen and oxygen atoms in total. The third-order valence-electron chi connectivity index (χ3n) is 2.10. The maximum absolute atomic E-state index is 11.4. The van der Waals surface area contributed by atoms with Crippen LogP contribution >= 0.6 is 0 Å². The average molecular weight is 249 g/mol. The molecule has 18 heavy (non-hydrogen) atoms. The van der Waals surface area contributed by atoms with Crippen molar-refractivity contribution < 1.29 is 18.8 Å². The maximum atomic E-state index is 11.4. The Balaban J connectivity index is 2.20. The second kappa shape index (κ2) is 5.26. The van der Waals surface area contributed by atoms with Gasteiger partial charge in [-0.3, -0.25) is 0 Å². The summed E-state index contributed by atoms with van der Waals surface area (Å²) in [6.45, 7) is 2.00. The van der Waals surface area contributed by atoms with E-state index < -0.39 is 5.97 Å². The van der Waals surface area contributed by atoms with Gasteiger partial charge in [-0.05, 0) is 13.0 Å². The minimum absolute atomic E-state index is 0.101. The van der Waals surface area contributed by atoms with Crippen molar-refractivity contribution in [3.05, 3.63) is 23.9 Å². The van der Waals surface area contributed by atoms with E-state index in [4.69, 9.17) is 14.0 Å². The van der Waals surface area contributed by atoms with E-state index in [1.807, 2.05) is 0 Å². The van der Waals surface area contributed by atoms with Crippen molar-refractivity contribution in [1.82, 2.24) is 15.4 Å². The number of methoxy groups -OCH3 is 1. The zero-order valence-electron chi connectivity index (χ0n) is 9.91. The monoisotopic (exact) mass is 249 g/mol. The number of ether oxygens (including phenoxy) is 2. The lowest BCUT2D eigenvalue weighted by Crippen LogP contribution is -2.04. The average Bonchev–Trinajstić information content (AvgIpc) is 2.89. The van der Waals surface area contributed by atoms with E-state index in [-0.39, 0.29) is 12.3 Å². The van der Waals surface area contributed by atoms with Gasteiger partial charge in [-0.25, -0.2) is 4.79 Å². The van der Waals surface area contributed by atoms with Crippen molar-refractivity contribution in [3.8, 4) is 17.3 Å². The Morgan fingerprint density at radius 2 is 2.22 bits per heavy atom. The second-order valence-electron chi connectivity index (χ2n) is 3.26. The molecule has 0 saturated heterocycles. The first kappa shape index (κ1) is 12.0. The van der Waals surface area contributed by atoms with Crippen LogP contribution in [0.2, 0.25) is 0 Å². The van der Waals surface area contributed by atoms with E-state index in [0.717, 1.165) is 0 Å². The first-order valence-corrected chi connectivity index (χ1v) is 5.26. The molecule has 0 atom stereocenters. The molecule has 0 aliphatic rings. The van der Waals surface area contributed by atoms with Crippen LogP contribution in [0.25, 0.3) is 11.5 Å². The van der Waals surface area contributed by atoms with Gasteiger partial charge in [0.2, 0.25) is 5.88 Å². The van der Waals surface area contributed by atoms with Gasteiger partial charge in [0.25, 0.3) is 0 Å². The SMILES string of the molecule is CCOC(=O)c1cc(-c2ccc(OC)nn2)on1. The third kappa shape index (κ3) is 2.45. The Labute approximate surface area is 103 Å². The molecule has 0 amide bonds. The van der Waals surface area contributed by atoms with Gasteiger partial charge in [-0.2, -0.15) is 0 Å². The fourth-order valence-electron chi connectivity index (χ4n) is 1.26. The normalized spacial score (nSPS) is 10.1. The molecule has 2 heterocycles. The summed E-state index contributed by atoms with van der Waals surface area (Å²) in [4.78, 5) is 11.4. The van der Waals surface area contributed by atoms with Gasteiger partial charge in [0, 0.05) is 12.1 Å². The summed E-state index contributed by atoms with van der Waals surface area (Å²) in [7, 11) is 1.50. The van der Waals surface area contributed by atoms with Gasteiger partial charge < -0.3 is 14.0 Å². The van der Waals surface area contributed by atoms with E-state index in [0.29, 0.717) is 17.3 Å². The molecule has 7 heteroatoms. The summed E-state index contributed by atoms with van der Waals surface area (Å²) in [5, 5.41) is 11.3. The molecule has 2 aromatic rings. The number of hydrogen-bond donors (Lipinski definition) is 0. The highest BCUT2D eigenvalue weighted by molar-refractivity contribution is 5.88. The summed E-state index contributed by atoms with van der Waals surface area (Å²) >= 11 is 0. The van der Waals surface area contributed by atoms with Crippen molar-refractivity contribution in [3.63, 3.8) is 0 Å². The predicted molar refractivity (Wildman–Crippen MR) is 60.0 cm³/mol. The minimum atomic E-state index is -0.533. The Kier molecular flexibility index (Phi) is 3.52. The van der Waals surface area contributed by atoms with Crippen LogP contribution in [0.3, 0.4) is 0 Å². The first-order chi connectivity index (χ1) is 8.74. The van der Waals surface area contributed by atoms with Crippen molar-refractivity contribution in [2.45, 2.75) is 6.92 Å². The lowest BCUT2D eigenvalue weighted by atomic mass is 10.3. The molecule has 0 unspecified atom stereocenters. The van der Waals surface area contributed by atoms with Crippen LogP contribution in [-0.2, 0) is 4.74 Å². The highest BCUT2D eigenvalue weighted by atomic mass is 16.5. The summed E-state index contributed by atoms with van der Waals surface area (Å²) in [6.07, 6.45) is 0. The van der Waals surface area contributed by atoms with E-state index in [2.05, 4.69) is 15.4 Å². The molecule has 0 spiro atoms. The van der Waals surface area contributed by atoms with Gasteiger partial charge in [-0.1, -0.05) is 5.16 Å². The van der Waals surface area contributed by atoms with Crippen LogP contribution in [0, 0.1) is 0 Å². The van der Waals surface area contributed by atoms with E-state index in [1.165, 1.54) is 13.2 Å². The number of nitrogens with zero attached hydrogens (tertiary/aromatic N) is 3. The molecule has 94 valence electrons. The highest BCUT2D eigenvalue weighted by Gasteiger charge is 2.15. The predicted octanol–water partition coefficient (Wildman–Crippen LogP) is 1.32. The number of carbonyl (C=O) groups is 1. The zero-order valence-corrected chi connectivity index (χ0v) is 9.91. The fraction of sp³-hybridized carbons (Fsp3) is 0.273. The topological polar surface area (TPSA) is 87.3 Å². The van der Waals surface area contributed by atoms with Crippen molar-refractivity contribution in [1.29, 1.82) is 0 Å². The molecule has 0 aromatic carbocycles. The van der Waals surface area contributed by atoms with Crippen molar-refractivity contribution in [2.24, 2.45) is 0 Å². The molecule has 0 bridgehead atoms. The first-order valence-electron chi connectivity index (χ1n) is 5.26. The molecule has 0 fully saturated rings. The molecule has 0 saturated carbocycles. The Hall–Kier alpha value is -2.44. The number of carbonyl (C=O) groups excluding carboxylic acids is 1. The summed E-state index contributed by atoms with van der Waals surface area (Å²) in [6, 6.07) is 4.74. The van der Waals surface area contributed by atoms with Crippen LogP contribution < -0.4 is 4.74 Å². The van der Waals surface area contributed by atoms with Crippen LogP contribution in [-0.4, -0.2) is 35.0 Å². The van der Waals surface area contributed by atoms with Crippen LogP contribution in [0.15, 0.2) is 22.7 Å². The maximum Gasteiger partial charge on any atom is 0.360 e. The minimum Gasteiger partial charge on any atom is -0.480 e. The standard InChI is InChI=1S/C11H11N3O4/c1-3-17-11(15)8-6-9(18-14-8)7-4-5-10(16-2)13-12-7/h4-6H,3H2,1-2H3. The summed E-state index contributed by atoms with van der Waals surface area (Å²) in [5.74, 6) is 0.200. The molecular formula is C11H11N3O4. The molecule has 2 rings (SSSR count). The number of hydrogen-bond acceptors (Lipinski definition) is 7. The second-order valence-corrected chi connectivity index (χ2v) is 3.26. The van der Waals surface area contributed by atoms with Gasteiger partial charge in [-0.15, -0.1) is 10.2 Å². The Bertz CT molecular complexity index is 535. The van der Waals surface area contributed by atoms with E-state index in [9.17, 15) is 4.79 Å². The molecular weight excluding hydrogens is 238 g/mol. The molecule has 0 aliphatic carbocycles. The number of esters is 1. The molecule has 0 aliphatic heterocycles. The van der Waals surface area contributed by atoms with E-state index in [1.54, 1.807) is 19.1 Å². The molecule has 0 radical (unpaired) electrons. The van der Waals surface area contributed by atoms with Crippen LogP contribution in [0.4, 0.5) is 0 Å². The van der Waals surface area contributed by atoms with Crippen LogP contribution in [0.1, 0.15) is 17.4 Å². The van der Waals surface area contributed by atoms with Gasteiger partial charge >= 0.3 is 5.97 Å². The molecule has 2 aromatic heterocycles. The highest BCUT2D eigenvalue weighted by Crippen LogP contribution is 2.19. The Morgan fingerprint density at radius 3 is 2.83 bits per heavy atom. The largest absolute Gasteiger partial charge is 0.480 e. The van der Waals surface area contributed by atoms with E-state index >= 15 is 0 Å². The Morgan fingerprint density at radius 1 is 1.39 bits per heavy atom. The lowest BCUT2D eigenvalue weighted by molar-refractivity contribution is 0.0514. The number of aromatic nitrogens is 3. The molecule has 0 N–H and O–H groups in total. The van der Waals surface area contributed by atoms with Crippen molar-refractivity contribution >= 4 is 5.97 Å². The van der Waals surface area contributed by atoms with Gasteiger partial charge in [0.1, 0.15) is 5.69 Å². The summed E-state index contributed by atoms with van der Waals surface area (Å²) in [5.41, 5.74) is 0.559. The summed E-state index contributed by atoms with van der Waals surface area (Å²) < 4.78 is 14.7. The number of rotatable bonds is 4. The zero-order chi connectivity index (χ0) is 13.0. The third-order valence-corrected chi connectivity index (χ3v) is 2.10. The smallest absolute Gasteiger partial charge is 0.360 e. The fourth-order valence-corrected chi connectivity index (χ4v) is 1.26. The quantitative estimate of drug-likeness (QED) is 0.755. The lowest BCUT2D eigenvalue weighted by Gasteiger charge is -1.96. The van der Waals surface area contributed by atoms with Crippen LogP contribution in [0.5, 0.6) is 5.88 Å². The van der Waals surface area contributed by atoms with Crippen molar-refractivity contribution in [2.75, 3.05) is 13.7 Å².